The fourth-order valence-corrected chi connectivity index (χ4v) is 6.11. The van der Waals surface area contributed by atoms with E-state index >= 15 is 0 Å². The number of aliphatic hydroxyl groups excluding tert-OH is 1. The molecule has 1 aromatic rings. The number of sulfonamides is 1. The van der Waals surface area contributed by atoms with Crippen molar-refractivity contribution in [1.29, 1.82) is 0 Å². The molecular weight excluding hydrogens is 358 g/mol. The van der Waals surface area contributed by atoms with Gasteiger partial charge in [-0.3, -0.25) is 0 Å². The van der Waals surface area contributed by atoms with Crippen molar-refractivity contribution in [3.63, 3.8) is 0 Å². The molecule has 2 heterocycles. The van der Waals surface area contributed by atoms with Crippen LogP contribution in [0.2, 0.25) is 0 Å². The maximum atomic E-state index is 12.5. The summed E-state index contributed by atoms with van der Waals surface area (Å²) in [5, 5.41) is 18.1. The first-order valence-corrected chi connectivity index (χ1v) is 8.58. The van der Waals surface area contributed by atoms with Gasteiger partial charge in [-0.1, -0.05) is 0 Å². The monoisotopic (exact) mass is 369 g/mol. The zero-order valence-electron chi connectivity index (χ0n) is 9.74. The molecule has 1 saturated heterocycles. The summed E-state index contributed by atoms with van der Waals surface area (Å²) in [6.07, 6.45) is 1.31. The standard InChI is InChI=1S/C10H12BrNO5S2/c11-9-8(4-7(18-9)10(14)15)19(16,17)12-3-1-2-6(12)5-13/h4,6,13H,1-3,5H2,(H,14,15)/t6-/m1/s1. The number of hydrogen-bond donors (Lipinski definition) is 2. The van der Waals surface area contributed by atoms with Crippen LogP contribution >= 0.6 is 27.3 Å². The molecule has 0 aliphatic carbocycles. The van der Waals surface area contributed by atoms with Crippen LogP contribution in [0.3, 0.4) is 0 Å². The summed E-state index contributed by atoms with van der Waals surface area (Å²) in [6, 6.07) is 0.726. The zero-order chi connectivity index (χ0) is 14.2. The van der Waals surface area contributed by atoms with Gasteiger partial charge in [0.1, 0.15) is 9.77 Å². The van der Waals surface area contributed by atoms with Crippen LogP contribution < -0.4 is 0 Å². The van der Waals surface area contributed by atoms with Gasteiger partial charge in [0.2, 0.25) is 10.0 Å². The van der Waals surface area contributed by atoms with Crippen LogP contribution in [0, 0.1) is 0 Å². The number of thiophene rings is 1. The lowest BCUT2D eigenvalue weighted by Crippen LogP contribution is -2.37. The molecule has 19 heavy (non-hydrogen) atoms. The predicted molar refractivity (Wildman–Crippen MR) is 73.0 cm³/mol. The number of carboxylic acids is 1. The van der Waals surface area contributed by atoms with Crippen LogP contribution in [0.5, 0.6) is 0 Å². The van der Waals surface area contributed by atoms with Gasteiger partial charge in [0.05, 0.1) is 10.4 Å². The summed E-state index contributed by atoms with van der Waals surface area (Å²) in [5.41, 5.74) is 0. The van der Waals surface area contributed by atoms with Crippen molar-refractivity contribution >= 4 is 43.3 Å². The molecule has 0 spiro atoms. The smallest absolute Gasteiger partial charge is 0.345 e. The minimum absolute atomic E-state index is 0.0369. The van der Waals surface area contributed by atoms with Crippen LogP contribution in [0.4, 0.5) is 0 Å². The first-order chi connectivity index (χ1) is 8.87. The SMILES string of the molecule is O=C(O)c1cc(S(=O)(=O)N2CCC[C@@H]2CO)c(Br)s1. The Labute approximate surface area is 122 Å². The van der Waals surface area contributed by atoms with Gasteiger partial charge in [0.15, 0.2) is 0 Å². The van der Waals surface area contributed by atoms with E-state index in [1.807, 2.05) is 0 Å². The van der Waals surface area contributed by atoms with E-state index in [1.165, 1.54) is 4.31 Å². The fraction of sp³-hybridized carbons (Fsp3) is 0.500. The quantitative estimate of drug-likeness (QED) is 0.835. The molecule has 0 unspecified atom stereocenters. The minimum Gasteiger partial charge on any atom is -0.477 e. The molecule has 0 radical (unpaired) electrons. The molecule has 0 aromatic carbocycles. The van der Waals surface area contributed by atoms with E-state index in [4.69, 9.17) is 5.11 Å². The van der Waals surface area contributed by atoms with E-state index in [9.17, 15) is 18.3 Å². The first-order valence-electron chi connectivity index (χ1n) is 5.53. The Hall–Kier alpha value is -0.480. The number of aromatic carboxylic acids is 1. The third-order valence-electron chi connectivity index (χ3n) is 2.99. The van der Waals surface area contributed by atoms with E-state index in [0.717, 1.165) is 17.4 Å². The van der Waals surface area contributed by atoms with Crippen molar-refractivity contribution in [2.75, 3.05) is 13.2 Å². The highest BCUT2D eigenvalue weighted by atomic mass is 79.9. The lowest BCUT2D eigenvalue weighted by Gasteiger charge is -2.21. The molecule has 9 heteroatoms. The number of rotatable bonds is 4. The first kappa shape index (κ1) is 14.9. The second kappa shape index (κ2) is 5.49. The van der Waals surface area contributed by atoms with Crippen molar-refractivity contribution in [2.24, 2.45) is 0 Å². The van der Waals surface area contributed by atoms with Crippen LogP contribution in [-0.2, 0) is 10.0 Å². The molecule has 106 valence electrons. The molecule has 1 fully saturated rings. The highest BCUT2D eigenvalue weighted by molar-refractivity contribution is 9.11. The van der Waals surface area contributed by atoms with Gasteiger partial charge in [0, 0.05) is 12.6 Å². The lowest BCUT2D eigenvalue weighted by molar-refractivity contribution is 0.0702. The second-order valence-corrected chi connectivity index (χ2v) is 8.38. The number of hydrogen-bond acceptors (Lipinski definition) is 5. The molecule has 1 aliphatic rings. The third-order valence-corrected chi connectivity index (χ3v) is 7.18. The number of carbonyl (C=O) groups is 1. The molecule has 2 rings (SSSR count). The highest BCUT2D eigenvalue weighted by Crippen LogP contribution is 2.35. The molecule has 1 aliphatic heterocycles. The lowest BCUT2D eigenvalue weighted by atomic mass is 10.2. The van der Waals surface area contributed by atoms with E-state index in [2.05, 4.69) is 15.9 Å². The maximum Gasteiger partial charge on any atom is 0.345 e. The molecule has 0 amide bonds. The van der Waals surface area contributed by atoms with Crippen LogP contribution in [0.1, 0.15) is 22.5 Å². The minimum atomic E-state index is -3.77. The molecule has 0 bridgehead atoms. The van der Waals surface area contributed by atoms with Gasteiger partial charge in [-0.25, -0.2) is 13.2 Å². The highest BCUT2D eigenvalue weighted by Gasteiger charge is 2.37. The second-order valence-electron chi connectivity index (χ2n) is 4.15. The molecule has 0 saturated carbocycles. The van der Waals surface area contributed by atoms with Crippen LogP contribution in [0.25, 0.3) is 0 Å². The number of carboxylic acid groups (broad SMARTS) is 1. The summed E-state index contributed by atoms with van der Waals surface area (Å²) in [5.74, 6) is -1.16. The molecule has 2 N–H and O–H groups in total. The summed E-state index contributed by atoms with van der Waals surface area (Å²) in [4.78, 5) is 10.8. The van der Waals surface area contributed by atoms with Crippen LogP contribution in [-0.4, -0.2) is 48.1 Å². The third kappa shape index (κ3) is 2.70. The van der Waals surface area contributed by atoms with E-state index < -0.39 is 22.0 Å². The van der Waals surface area contributed by atoms with Crippen molar-refractivity contribution < 1.29 is 23.4 Å². The zero-order valence-corrected chi connectivity index (χ0v) is 13.0. The van der Waals surface area contributed by atoms with Crippen molar-refractivity contribution in [1.82, 2.24) is 4.31 Å². The number of nitrogens with zero attached hydrogens (tertiary/aromatic N) is 1. The molecule has 1 aromatic heterocycles. The maximum absolute atomic E-state index is 12.5. The van der Waals surface area contributed by atoms with Crippen molar-refractivity contribution in [3.8, 4) is 0 Å². The Morgan fingerprint density at radius 2 is 2.26 bits per heavy atom. The Morgan fingerprint density at radius 3 is 2.79 bits per heavy atom. The average molecular weight is 370 g/mol. The number of aliphatic hydroxyl groups is 1. The van der Waals surface area contributed by atoms with E-state index in [0.29, 0.717) is 19.4 Å². The van der Waals surface area contributed by atoms with Gasteiger partial charge in [0.25, 0.3) is 0 Å². The average Bonchev–Trinajstić information content (AvgIpc) is 2.94. The number of halogens is 1. The van der Waals surface area contributed by atoms with Crippen molar-refractivity contribution in [2.45, 2.75) is 23.8 Å². The summed E-state index contributed by atoms with van der Waals surface area (Å²) >= 11 is 3.96. The van der Waals surface area contributed by atoms with Gasteiger partial charge < -0.3 is 10.2 Å². The van der Waals surface area contributed by atoms with Crippen LogP contribution in [0.15, 0.2) is 14.7 Å². The van der Waals surface area contributed by atoms with E-state index in [-0.39, 0.29) is 20.2 Å². The van der Waals surface area contributed by atoms with Gasteiger partial charge in [-0.15, -0.1) is 11.3 Å². The molecule has 1 atom stereocenters. The normalized spacial score (nSPS) is 20.8. The summed E-state index contributed by atoms with van der Waals surface area (Å²) in [6.45, 7) is 0.116. The topological polar surface area (TPSA) is 94.9 Å². The predicted octanol–water partition coefficient (Wildman–Crippen LogP) is 1.35. The summed E-state index contributed by atoms with van der Waals surface area (Å²) in [7, 11) is -3.77. The van der Waals surface area contributed by atoms with Crippen molar-refractivity contribution in [3.05, 3.63) is 14.7 Å². The Morgan fingerprint density at radius 1 is 1.58 bits per heavy atom. The van der Waals surface area contributed by atoms with Gasteiger partial charge in [-0.05, 0) is 34.8 Å². The Kier molecular flexibility index (Phi) is 4.31. The van der Waals surface area contributed by atoms with Gasteiger partial charge in [-0.2, -0.15) is 4.31 Å². The fourth-order valence-electron chi connectivity index (χ4n) is 2.07. The summed E-state index contributed by atoms with van der Waals surface area (Å²) < 4.78 is 26.4. The largest absolute Gasteiger partial charge is 0.477 e. The molecular formula is C10H12BrNO5S2. The Balaban J connectivity index is 2.42. The van der Waals surface area contributed by atoms with E-state index in [1.54, 1.807) is 0 Å². The Bertz CT molecular complexity index is 597. The van der Waals surface area contributed by atoms with Gasteiger partial charge >= 0.3 is 5.97 Å². The molecule has 6 nitrogen and oxygen atoms in total.